The molecular formula is C13H10ClNS. The fourth-order valence-corrected chi connectivity index (χ4v) is 2.99. The zero-order chi connectivity index (χ0) is 11.1. The fourth-order valence-electron chi connectivity index (χ4n) is 1.98. The number of aromatic amines is 1. The zero-order valence-corrected chi connectivity index (χ0v) is 10.3. The normalized spacial score (nSPS) is 11.1. The largest absolute Gasteiger partial charge is 0.352 e. The minimum absolute atomic E-state index is 0.781. The van der Waals surface area contributed by atoms with Gasteiger partial charge in [0.2, 0.25) is 0 Å². The first-order chi connectivity index (χ1) is 7.77. The van der Waals surface area contributed by atoms with E-state index in [9.17, 15) is 0 Å². The van der Waals surface area contributed by atoms with Crippen LogP contribution in [0.2, 0.25) is 5.02 Å². The molecule has 16 heavy (non-hydrogen) atoms. The van der Waals surface area contributed by atoms with E-state index in [-0.39, 0.29) is 0 Å². The van der Waals surface area contributed by atoms with Crippen molar-refractivity contribution in [1.82, 2.24) is 4.98 Å². The van der Waals surface area contributed by atoms with E-state index in [4.69, 9.17) is 11.6 Å². The molecule has 1 N–H and O–H groups in total. The van der Waals surface area contributed by atoms with Gasteiger partial charge in [-0.2, -0.15) is 0 Å². The second-order valence-corrected chi connectivity index (χ2v) is 5.12. The Hall–Kier alpha value is -1.25. The van der Waals surface area contributed by atoms with E-state index < -0.39 is 0 Å². The van der Waals surface area contributed by atoms with Crippen molar-refractivity contribution in [3.05, 3.63) is 46.3 Å². The molecule has 3 heteroatoms. The summed E-state index contributed by atoms with van der Waals surface area (Å²) in [5.41, 5.74) is 3.48. The number of hydrogen-bond donors (Lipinski definition) is 1. The van der Waals surface area contributed by atoms with Gasteiger partial charge in [-0.25, -0.2) is 0 Å². The Kier molecular flexibility index (Phi) is 2.27. The summed E-state index contributed by atoms with van der Waals surface area (Å²) < 4.78 is 0. The summed E-state index contributed by atoms with van der Waals surface area (Å²) in [6.45, 7) is 2.13. The van der Waals surface area contributed by atoms with Crippen molar-refractivity contribution in [2.24, 2.45) is 0 Å². The van der Waals surface area contributed by atoms with E-state index >= 15 is 0 Å². The van der Waals surface area contributed by atoms with Gasteiger partial charge in [-0.15, -0.1) is 11.3 Å². The minimum atomic E-state index is 0.781. The van der Waals surface area contributed by atoms with E-state index in [0.717, 1.165) is 10.5 Å². The summed E-state index contributed by atoms with van der Waals surface area (Å²) in [5, 5.41) is 4.07. The van der Waals surface area contributed by atoms with Gasteiger partial charge in [0, 0.05) is 5.39 Å². The van der Waals surface area contributed by atoms with Gasteiger partial charge in [0.05, 0.1) is 21.1 Å². The fraction of sp³-hybridized carbons (Fsp3) is 0.0769. The Labute approximate surface area is 103 Å². The van der Waals surface area contributed by atoms with Crippen molar-refractivity contribution in [3.8, 4) is 10.6 Å². The summed E-state index contributed by atoms with van der Waals surface area (Å²) >= 11 is 7.91. The van der Waals surface area contributed by atoms with Crippen molar-refractivity contribution >= 4 is 33.8 Å². The number of halogens is 1. The molecule has 0 amide bonds. The maximum Gasteiger partial charge on any atom is 0.0651 e. The number of H-pyrrole nitrogens is 1. The molecule has 1 nitrogen and oxygen atoms in total. The molecule has 3 rings (SSSR count). The molecule has 0 unspecified atom stereocenters. The van der Waals surface area contributed by atoms with Crippen molar-refractivity contribution < 1.29 is 0 Å². The highest BCUT2D eigenvalue weighted by molar-refractivity contribution is 7.13. The number of aromatic nitrogens is 1. The number of nitrogens with one attached hydrogen (secondary N) is 1. The molecule has 0 aliphatic rings. The first-order valence-corrected chi connectivity index (χ1v) is 6.34. The Morgan fingerprint density at radius 1 is 1.19 bits per heavy atom. The predicted molar refractivity (Wildman–Crippen MR) is 71.4 cm³/mol. The molecule has 0 atom stereocenters. The van der Waals surface area contributed by atoms with Crippen LogP contribution in [-0.2, 0) is 0 Å². The molecule has 0 spiro atoms. The lowest BCUT2D eigenvalue weighted by atomic mass is 10.1. The van der Waals surface area contributed by atoms with Crippen LogP contribution >= 0.6 is 22.9 Å². The lowest BCUT2D eigenvalue weighted by molar-refractivity contribution is 1.43. The molecule has 1 aromatic carbocycles. The predicted octanol–water partition coefficient (Wildman–Crippen LogP) is 4.86. The molecule has 0 aliphatic carbocycles. The zero-order valence-electron chi connectivity index (χ0n) is 8.75. The molecule has 0 saturated heterocycles. The number of hydrogen-bond acceptors (Lipinski definition) is 1. The quantitative estimate of drug-likeness (QED) is 0.632. The summed E-state index contributed by atoms with van der Waals surface area (Å²) in [6.07, 6.45) is 0. The maximum absolute atomic E-state index is 6.18. The van der Waals surface area contributed by atoms with Gasteiger partial charge >= 0.3 is 0 Å². The summed E-state index contributed by atoms with van der Waals surface area (Å²) in [4.78, 5) is 4.67. The van der Waals surface area contributed by atoms with Gasteiger partial charge in [0.15, 0.2) is 0 Å². The smallest absolute Gasteiger partial charge is 0.0651 e. The highest BCUT2D eigenvalue weighted by atomic mass is 35.5. The number of aryl methyl sites for hydroxylation is 1. The third-order valence-corrected chi connectivity index (χ3v) is 4.01. The lowest BCUT2D eigenvalue weighted by Gasteiger charge is -1.94. The van der Waals surface area contributed by atoms with Crippen molar-refractivity contribution in [2.45, 2.75) is 6.92 Å². The number of fused-ring (bicyclic) bond motifs is 1. The van der Waals surface area contributed by atoms with Crippen LogP contribution < -0.4 is 0 Å². The van der Waals surface area contributed by atoms with Crippen molar-refractivity contribution in [2.75, 3.05) is 0 Å². The lowest BCUT2D eigenvalue weighted by Crippen LogP contribution is -1.73. The topological polar surface area (TPSA) is 15.8 Å². The second kappa shape index (κ2) is 3.65. The van der Waals surface area contributed by atoms with Gasteiger partial charge in [-0.1, -0.05) is 29.8 Å². The van der Waals surface area contributed by atoms with Gasteiger partial charge < -0.3 is 4.98 Å². The van der Waals surface area contributed by atoms with E-state index in [0.29, 0.717) is 0 Å². The monoisotopic (exact) mass is 247 g/mol. The van der Waals surface area contributed by atoms with Crippen LogP contribution in [0.4, 0.5) is 0 Å². The summed E-state index contributed by atoms with van der Waals surface area (Å²) in [6, 6.07) is 10.2. The molecule has 2 heterocycles. The molecule has 2 aromatic heterocycles. The Bertz CT molecular complexity index is 637. The number of benzene rings is 1. The molecule has 80 valence electrons. The Morgan fingerprint density at radius 2 is 2.06 bits per heavy atom. The van der Waals surface area contributed by atoms with Gasteiger partial charge in [0.1, 0.15) is 0 Å². The van der Waals surface area contributed by atoms with Gasteiger partial charge in [-0.05, 0) is 30.0 Å². The SMILES string of the molecule is Cc1c(-c2cccs2)[nH]c2c(Cl)cccc12. The molecular weight excluding hydrogens is 238 g/mol. The van der Waals surface area contributed by atoms with Crippen LogP contribution in [0.3, 0.4) is 0 Å². The van der Waals surface area contributed by atoms with E-state index in [2.05, 4.69) is 35.5 Å². The summed E-state index contributed by atoms with van der Waals surface area (Å²) in [5.74, 6) is 0. The average Bonchev–Trinajstić information content (AvgIpc) is 2.88. The van der Waals surface area contributed by atoms with Gasteiger partial charge in [0.25, 0.3) is 0 Å². The standard InChI is InChI=1S/C13H10ClNS/c1-8-9-4-2-5-10(14)13(9)15-12(8)11-6-3-7-16-11/h2-7,15H,1H3. The number of para-hydroxylation sites is 1. The highest BCUT2D eigenvalue weighted by Gasteiger charge is 2.11. The minimum Gasteiger partial charge on any atom is -0.352 e. The van der Waals surface area contributed by atoms with Crippen LogP contribution in [0, 0.1) is 6.92 Å². The molecule has 0 bridgehead atoms. The molecule has 0 aliphatic heterocycles. The third-order valence-electron chi connectivity index (χ3n) is 2.81. The van der Waals surface area contributed by atoms with Gasteiger partial charge in [-0.3, -0.25) is 0 Å². The molecule has 0 fully saturated rings. The number of thiophene rings is 1. The maximum atomic E-state index is 6.18. The van der Waals surface area contributed by atoms with Crippen LogP contribution in [0.1, 0.15) is 5.56 Å². The second-order valence-electron chi connectivity index (χ2n) is 3.76. The van der Waals surface area contributed by atoms with E-state index in [1.165, 1.54) is 21.5 Å². The van der Waals surface area contributed by atoms with Crippen LogP contribution in [0.15, 0.2) is 35.7 Å². The van der Waals surface area contributed by atoms with E-state index in [1.807, 2.05) is 12.1 Å². The van der Waals surface area contributed by atoms with Crippen molar-refractivity contribution in [1.29, 1.82) is 0 Å². The molecule has 0 radical (unpaired) electrons. The molecule has 3 aromatic rings. The van der Waals surface area contributed by atoms with Crippen molar-refractivity contribution in [3.63, 3.8) is 0 Å². The Balaban J connectivity index is 2.36. The first kappa shape index (κ1) is 9.94. The van der Waals surface area contributed by atoms with Crippen LogP contribution in [0.5, 0.6) is 0 Å². The summed E-state index contributed by atoms with van der Waals surface area (Å²) in [7, 11) is 0. The van der Waals surface area contributed by atoms with Crippen LogP contribution in [-0.4, -0.2) is 4.98 Å². The average molecular weight is 248 g/mol. The highest BCUT2D eigenvalue weighted by Crippen LogP contribution is 2.34. The number of rotatable bonds is 1. The Morgan fingerprint density at radius 3 is 2.75 bits per heavy atom. The molecule has 0 saturated carbocycles. The first-order valence-electron chi connectivity index (χ1n) is 5.08. The van der Waals surface area contributed by atoms with E-state index in [1.54, 1.807) is 11.3 Å². The third kappa shape index (κ3) is 1.38. The van der Waals surface area contributed by atoms with Crippen LogP contribution in [0.25, 0.3) is 21.5 Å².